The van der Waals surface area contributed by atoms with Gasteiger partial charge >= 0.3 is 0 Å². The summed E-state index contributed by atoms with van der Waals surface area (Å²) in [5, 5.41) is 2.98. The number of carbonyl (C=O) groups excluding carboxylic acids is 2. The van der Waals surface area contributed by atoms with Gasteiger partial charge in [0.1, 0.15) is 11.6 Å². The van der Waals surface area contributed by atoms with E-state index in [9.17, 15) is 9.59 Å². The van der Waals surface area contributed by atoms with Crippen molar-refractivity contribution in [2.45, 2.75) is 57.5 Å². The van der Waals surface area contributed by atoms with Crippen molar-refractivity contribution in [1.29, 1.82) is 0 Å². The number of piperazine rings is 1. The third-order valence-electron chi connectivity index (χ3n) is 5.31. The van der Waals surface area contributed by atoms with Crippen LogP contribution in [0.2, 0.25) is 0 Å². The number of hydrogen-bond donors (Lipinski definition) is 1. The smallest absolute Gasteiger partial charge is 0.248 e. The summed E-state index contributed by atoms with van der Waals surface area (Å²) in [6, 6.07) is -0.236. The normalized spacial score (nSPS) is 35.0. The fourth-order valence-corrected chi connectivity index (χ4v) is 3.51. The second-order valence-corrected chi connectivity index (χ2v) is 6.97. The molecule has 1 aliphatic carbocycles. The van der Waals surface area contributed by atoms with Crippen molar-refractivity contribution in [2.24, 2.45) is 11.8 Å². The van der Waals surface area contributed by atoms with Crippen LogP contribution in [0, 0.1) is 11.8 Å². The molecule has 0 aromatic carbocycles. The van der Waals surface area contributed by atoms with E-state index in [-0.39, 0.29) is 17.9 Å². The molecule has 1 saturated carbocycles. The molecule has 2 saturated heterocycles. The molecule has 3 rings (SSSR count). The van der Waals surface area contributed by atoms with Crippen LogP contribution in [0.4, 0.5) is 0 Å². The number of nitrogens with one attached hydrogen (secondary N) is 1. The molecule has 3 aliphatic rings. The first kappa shape index (κ1) is 14.8. The summed E-state index contributed by atoms with van der Waals surface area (Å²) >= 11 is 0. The predicted molar refractivity (Wildman–Crippen MR) is 78.6 cm³/mol. The van der Waals surface area contributed by atoms with Crippen molar-refractivity contribution in [2.75, 3.05) is 19.8 Å². The third-order valence-corrected chi connectivity index (χ3v) is 5.31. The highest BCUT2D eigenvalue weighted by Gasteiger charge is 2.52. The lowest BCUT2D eigenvalue weighted by atomic mass is 9.88. The van der Waals surface area contributed by atoms with Crippen molar-refractivity contribution in [3.8, 4) is 0 Å². The Morgan fingerprint density at radius 3 is 2.48 bits per heavy atom. The summed E-state index contributed by atoms with van der Waals surface area (Å²) in [7, 11) is 0. The van der Waals surface area contributed by atoms with E-state index in [1.165, 1.54) is 0 Å². The summed E-state index contributed by atoms with van der Waals surface area (Å²) in [4.78, 5) is 27.3. The molecule has 118 valence electrons. The van der Waals surface area contributed by atoms with Crippen LogP contribution in [-0.4, -0.2) is 48.1 Å². The van der Waals surface area contributed by atoms with Gasteiger partial charge in [0.2, 0.25) is 11.8 Å². The molecule has 1 N–H and O–H groups in total. The second-order valence-electron chi connectivity index (χ2n) is 6.97. The molecule has 5 nitrogen and oxygen atoms in total. The highest BCUT2D eigenvalue weighted by Crippen LogP contribution is 2.39. The first-order valence-corrected chi connectivity index (χ1v) is 8.26. The standard InChI is InChI=1S/C16H26N2O3/c1-3-16(2)15(20)18(10-11-6-8-21-9-7-11)13(12-4-5-12)14(19)17-16/h11-13H,3-10H2,1-2H3,(H,17,19). The number of nitrogens with zero attached hydrogens (tertiary/aromatic N) is 1. The summed E-state index contributed by atoms with van der Waals surface area (Å²) in [5.74, 6) is 0.993. The lowest BCUT2D eigenvalue weighted by Gasteiger charge is -2.45. The average Bonchev–Trinajstić information content (AvgIpc) is 3.30. The van der Waals surface area contributed by atoms with Crippen molar-refractivity contribution in [3.63, 3.8) is 0 Å². The fraction of sp³-hybridized carbons (Fsp3) is 0.875. The van der Waals surface area contributed by atoms with Crippen molar-refractivity contribution in [1.82, 2.24) is 10.2 Å². The van der Waals surface area contributed by atoms with Gasteiger partial charge in [-0.05, 0) is 50.9 Å². The maximum Gasteiger partial charge on any atom is 0.248 e. The second kappa shape index (κ2) is 5.59. The molecule has 0 aromatic rings. The Balaban J connectivity index is 1.79. The molecular weight excluding hydrogens is 268 g/mol. The number of rotatable bonds is 4. The molecular formula is C16H26N2O3. The molecule has 2 heterocycles. The Morgan fingerprint density at radius 1 is 1.24 bits per heavy atom. The van der Waals surface area contributed by atoms with E-state index in [0.717, 1.165) is 38.9 Å². The predicted octanol–water partition coefficient (Wildman–Crippen LogP) is 1.32. The van der Waals surface area contributed by atoms with E-state index in [1.54, 1.807) is 0 Å². The minimum absolute atomic E-state index is 0.0495. The Kier molecular flexibility index (Phi) is 3.95. The Morgan fingerprint density at radius 2 is 1.90 bits per heavy atom. The molecule has 2 atom stereocenters. The molecule has 0 aromatic heterocycles. The van der Waals surface area contributed by atoms with Gasteiger partial charge < -0.3 is 15.0 Å². The van der Waals surface area contributed by atoms with Crippen molar-refractivity contribution < 1.29 is 14.3 Å². The van der Waals surface area contributed by atoms with E-state index in [0.29, 0.717) is 24.8 Å². The maximum absolute atomic E-state index is 12.9. The number of ether oxygens (including phenoxy) is 1. The van der Waals surface area contributed by atoms with Crippen LogP contribution in [0.1, 0.15) is 46.0 Å². The van der Waals surface area contributed by atoms with E-state index in [2.05, 4.69) is 5.32 Å². The molecule has 21 heavy (non-hydrogen) atoms. The lowest BCUT2D eigenvalue weighted by molar-refractivity contribution is -0.156. The zero-order valence-corrected chi connectivity index (χ0v) is 13.1. The highest BCUT2D eigenvalue weighted by molar-refractivity contribution is 5.99. The van der Waals surface area contributed by atoms with Crippen LogP contribution in [0.5, 0.6) is 0 Å². The van der Waals surface area contributed by atoms with Gasteiger partial charge in [-0.3, -0.25) is 9.59 Å². The van der Waals surface area contributed by atoms with E-state index in [4.69, 9.17) is 4.74 Å². The van der Waals surface area contributed by atoms with Gasteiger partial charge in [0.05, 0.1) is 0 Å². The number of hydrogen-bond acceptors (Lipinski definition) is 3. The Labute approximate surface area is 126 Å². The van der Waals surface area contributed by atoms with E-state index in [1.807, 2.05) is 18.7 Å². The monoisotopic (exact) mass is 294 g/mol. The van der Waals surface area contributed by atoms with Gasteiger partial charge in [0.25, 0.3) is 0 Å². The van der Waals surface area contributed by atoms with Crippen LogP contribution in [0.25, 0.3) is 0 Å². The zero-order chi connectivity index (χ0) is 15.0. The first-order chi connectivity index (χ1) is 10.0. The summed E-state index contributed by atoms with van der Waals surface area (Å²) in [5.41, 5.74) is -0.729. The number of amides is 2. The molecule has 0 spiro atoms. The van der Waals surface area contributed by atoms with Crippen LogP contribution >= 0.6 is 0 Å². The Hall–Kier alpha value is -1.10. The lowest BCUT2D eigenvalue weighted by Crippen LogP contribution is -2.70. The summed E-state index contributed by atoms with van der Waals surface area (Å²) in [6.07, 6.45) is 4.76. The van der Waals surface area contributed by atoms with Crippen LogP contribution in [-0.2, 0) is 14.3 Å². The van der Waals surface area contributed by atoms with Crippen LogP contribution in [0.15, 0.2) is 0 Å². The average molecular weight is 294 g/mol. The molecule has 2 unspecified atom stereocenters. The van der Waals surface area contributed by atoms with Gasteiger partial charge in [-0.1, -0.05) is 6.92 Å². The Bertz CT molecular complexity index is 429. The fourth-order valence-electron chi connectivity index (χ4n) is 3.51. The van der Waals surface area contributed by atoms with Crippen molar-refractivity contribution >= 4 is 11.8 Å². The first-order valence-electron chi connectivity index (χ1n) is 8.26. The zero-order valence-electron chi connectivity index (χ0n) is 13.1. The summed E-state index contributed by atoms with van der Waals surface area (Å²) < 4.78 is 5.40. The molecule has 0 bridgehead atoms. The minimum Gasteiger partial charge on any atom is -0.381 e. The SMILES string of the molecule is CCC1(C)NC(=O)C(C2CC2)N(CC2CCOCC2)C1=O. The summed E-state index contributed by atoms with van der Waals surface area (Å²) in [6.45, 7) is 6.08. The topological polar surface area (TPSA) is 58.6 Å². The van der Waals surface area contributed by atoms with Gasteiger partial charge in [0.15, 0.2) is 0 Å². The highest BCUT2D eigenvalue weighted by atomic mass is 16.5. The van der Waals surface area contributed by atoms with Gasteiger partial charge in [-0.15, -0.1) is 0 Å². The molecule has 2 amide bonds. The van der Waals surface area contributed by atoms with Crippen LogP contribution in [0.3, 0.4) is 0 Å². The molecule has 2 aliphatic heterocycles. The van der Waals surface area contributed by atoms with Gasteiger partial charge in [-0.25, -0.2) is 0 Å². The van der Waals surface area contributed by atoms with Gasteiger partial charge in [0, 0.05) is 19.8 Å². The quantitative estimate of drug-likeness (QED) is 0.850. The van der Waals surface area contributed by atoms with E-state index >= 15 is 0 Å². The molecule has 0 radical (unpaired) electrons. The van der Waals surface area contributed by atoms with Gasteiger partial charge in [-0.2, -0.15) is 0 Å². The van der Waals surface area contributed by atoms with Crippen LogP contribution < -0.4 is 5.32 Å². The third kappa shape index (κ3) is 2.80. The minimum atomic E-state index is -0.729. The van der Waals surface area contributed by atoms with Crippen molar-refractivity contribution in [3.05, 3.63) is 0 Å². The maximum atomic E-state index is 12.9. The largest absolute Gasteiger partial charge is 0.381 e. The molecule has 5 heteroatoms. The number of carbonyl (C=O) groups is 2. The molecule has 3 fully saturated rings. The van der Waals surface area contributed by atoms with E-state index < -0.39 is 5.54 Å².